The van der Waals surface area contributed by atoms with Crippen molar-refractivity contribution in [1.82, 2.24) is 0 Å². The fraction of sp³-hybridized carbons (Fsp3) is 0.250. The van der Waals surface area contributed by atoms with Crippen LogP contribution in [-0.4, -0.2) is 11.6 Å². The summed E-state index contributed by atoms with van der Waals surface area (Å²) in [6.07, 6.45) is 0. The Morgan fingerprint density at radius 2 is 1.59 bits per heavy atom. The van der Waals surface area contributed by atoms with Crippen LogP contribution in [0.2, 0.25) is 0 Å². The Kier molecular flexibility index (Phi) is 5.27. The van der Waals surface area contributed by atoms with E-state index in [2.05, 4.69) is 5.32 Å². The molecule has 0 aliphatic rings. The van der Waals surface area contributed by atoms with Crippen molar-refractivity contribution < 1.29 is 9.53 Å². The smallest absolute Gasteiger partial charge is 0.338 e. The molecule has 0 atom stereocenters. The van der Waals surface area contributed by atoms with Crippen LogP contribution in [0.15, 0.2) is 35.5 Å². The molecular formula is C16H14N4O2. The van der Waals surface area contributed by atoms with Crippen molar-refractivity contribution in [1.29, 1.82) is 15.8 Å². The van der Waals surface area contributed by atoms with E-state index >= 15 is 0 Å². The molecule has 6 heteroatoms. The Morgan fingerprint density at radius 1 is 1.05 bits per heavy atom. The number of hydrogen-bond donors (Lipinski definition) is 1. The number of anilines is 1. The largest absolute Gasteiger partial charge is 0.456 e. The number of nitriles is 3. The first kappa shape index (κ1) is 16.8. The van der Waals surface area contributed by atoms with Crippen LogP contribution < -0.4 is 5.32 Å². The van der Waals surface area contributed by atoms with Crippen LogP contribution in [0.1, 0.15) is 31.1 Å². The van der Waals surface area contributed by atoms with E-state index in [4.69, 9.17) is 20.5 Å². The van der Waals surface area contributed by atoms with E-state index in [1.54, 1.807) is 51.1 Å². The van der Waals surface area contributed by atoms with Gasteiger partial charge in [0.25, 0.3) is 0 Å². The minimum absolute atomic E-state index is 0.144. The van der Waals surface area contributed by atoms with Crippen LogP contribution in [0.25, 0.3) is 0 Å². The van der Waals surface area contributed by atoms with Gasteiger partial charge in [0, 0.05) is 5.69 Å². The van der Waals surface area contributed by atoms with Gasteiger partial charge in [0.2, 0.25) is 0 Å². The highest BCUT2D eigenvalue weighted by Gasteiger charge is 2.17. The number of rotatable bonds is 3. The summed E-state index contributed by atoms with van der Waals surface area (Å²) in [7, 11) is 0. The predicted octanol–water partition coefficient (Wildman–Crippen LogP) is 2.88. The molecule has 0 fully saturated rings. The fourth-order valence-corrected chi connectivity index (χ4v) is 1.45. The van der Waals surface area contributed by atoms with Crippen LogP contribution in [0, 0.1) is 34.0 Å². The van der Waals surface area contributed by atoms with Gasteiger partial charge in [0.1, 0.15) is 29.5 Å². The molecule has 6 nitrogen and oxygen atoms in total. The summed E-state index contributed by atoms with van der Waals surface area (Å²) in [6, 6.07) is 11.2. The number of esters is 1. The van der Waals surface area contributed by atoms with E-state index < -0.39 is 11.6 Å². The lowest BCUT2D eigenvalue weighted by Crippen LogP contribution is -2.23. The van der Waals surface area contributed by atoms with Crippen LogP contribution in [-0.2, 0) is 4.74 Å². The summed E-state index contributed by atoms with van der Waals surface area (Å²) in [5, 5.41) is 29.1. The van der Waals surface area contributed by atoms with Gasteiger partial charge in [-0.1, -0.05) is 0 Å². The Hall–Kier alpha value is -3.30. The Balaban J connectivity index is 2.94. The third kappa shape index (κ3) is 4.67. The number of benzene rings is 1. The lowest BCUT2D eigenvalue weighted by molar-refractivity contribution is 0.00696. The molecular weight excluding hydrogens is 280 g/mol. The van der Waals surface area contributed by atoms with Crippen molar-refractivity contribution in [3.63, 3.8) is 0 Å². The van der Waals surface area contributed by atoms with E-state index in [0.29, 0.717) is 11.3 Å². The molecule has 1 aromatic carbocycles. The second kappa shape index (κ2) is 6.92. The maximum Gasteiger partial charge on any atom is 0.338 e. The van der Waals surface area contributed by atoms with Crippen molar-refractivity contribution >= 4 is 11.7 Å². The lowest BCUT2D eigenvalue weighted by atomic mass is 10.1. The highest BCUT2D eigenvalue weighted by molar-refractivity contribution is 5.90. The second-order valence-corrected chi connectivity index (χ2v) is 5.29. The summed E-state index contributed by atoms with van der Waals surface area (Å²) >= 11 is 0. The molecule has 0 aliphatic heterocycles. The van der Waals surface area contributed by atoms with Gasteiger partial charge in [-0.25, -0.2) is 4.79 Å². The third-order valence-corrected chi connectivity index (χ3v) is 2.37. The number of allylic oxidation sites excluding steroid dienone is 2. The SMILES string of the molecule is CC(C)(C)OC(=O)c1ccc(NC(C#N)=C(C#N)C#N)cc1. The van der Waals surface area contributed by atoms with Gasteiger partial charge in [0.15, 0.2) is 5.57 Å². The highest BCUT2D eigenvalue weighted by Crippen LogP contribution is 2.16. The van der Waals surface area contributed by atoms with Crippen LogP contribution in [0.3, 0.4) is 0 Å². The Morgan fingerprint density at radius 3 is 2.00 bits per heavy atom. The molecule has 0 saturated carbocycles. The molecule has 0 radical (unpaired) electrons. The van der Waals surface area contributed by atoms with Gasteiger partial charge in [-0.05, 0) is 45.0 Å². The number of hydrogen-bond acceptors (Lipinski definition) is 6. The van der Waals surface area contributed by atoms with Crippen molar-refractivity contribution in [3.05, 3.63) is 41.1 Å². The van der Waals surface area contributed by atoms with E-state index in [0.717, 1.165) is 0 Å². The standard InChI is InChI=1S/C16H14N4O2/c1-16(2,3)22-15(21)11-4-6-13(7-5-11)20-14(10-19)12(8-17)9-18/h4-7,20H,1-3H3. The van der Waals surface area contributed by atoms with Crippen LogP contribution in [0.5, 0.6) is 0 Å². The molecule has 1 rings (SSSR count). The van der Waals surface area contributed by atoms with Gasteiger partial charge >= 0.3 is 5.97 Å². The first-order valence-corrected chi connectivity index (χ1v) is 6.35. The molecule has 1 N–H and O–H groups in total. The zero-order valence-corrected chi connectivity index (χ0v) is 12.5. The summed E-state index contributed by atoms with van der Waals surface area (Å²) in [6.45, 7) is 5.32. The van der Waals surface area contributed by atoms with E-state index in [9.17, 15) is 4.79 Å². The average molecular weight is 294 g/mol. The molecule has 110 valence electrons. The fourth-order valence-electron chi connectivity index (χ4n) is 1.45. The molecule has 0 spiro atoms. The van der Waals surface area contributed by atoms with Gasteiger partial charge in [-0.15, -0.1) is 0 Å². The van der Waals surface area contributed by atoms with Crippen LogP contribution >= 0.6 is 0 Å². The Labute approximate surface area is 128 Å². The second-order valence-electron chi connectivity index (χ2n) is 5.29. The van der Waals surface area contributed by atoms with Gasteiger partial charge in [-0.2, -0.15) is 15.8 Å². The minimum atomic E-state index is -0.584. The summed E-state index contributed by atoms with van der Waals surface area (Å²) in [5.74, 6) is -0.454. The molecule has 1 aromatic rings. The molecule has 0 aromatic heterocycles. The highest BCUT2D eigenvalue weighted by atomic mass is 16.6. The number of carbonyl (C=O) groups is 1. The molecule has 0 aliphatic carbocycles. The molecule has 0 bridgehead atoms. The van der Waals surface area contributed by atoms with Crippen LogP contribution in [0.4, 0.5) is 5.69 Å². The molecule has 0 saturated heterocycles. The van der Waals surface area contributed by atoms with E-state index in [1.165, 1.54) is 12.1 Å². The van der Waals surface area contributed by atoms with Crippen molar-refractivity contribution in [2.45, 2.75) is 26.4 Å². The first-order chi connectivity index (χ1) is 10.3. The normalized spacial score (nSPS) is 9.64. The maximum absolute atomic E-state index is 11.9. The van der Waals surface area contributed by atoms with Crippen molar-refractivity contribution in [3.8, 4) is 18.2 Å². The summed E-state index contributed by atoms with van der Waals surface area (Å²) in [4.78, 5) is 11.9. The van der Waals surface area contributed by atoms with E-state index in [-0.39, 0.29) is 11.3 Å². The number of carbonyl (C=O) groups excluding carboxylic acids is 1. The molecule has 0 heterocycles. The van der Waals surface area contributed by atoms with Gasteiger partial charge < -0.3 is 10.1 Å². The quantitative estimate of drug-likeness (QED) is 0.678. The summed E-state index contributed by atoms with van der Waals surface area (Å²) < 4.78 is 5.23. The monoisotopic (exact) mass is 294 g/mol. The van der Waals surface area contributed by atoms with Crippen molar-refractivity contribution in [2.24, 2.45) is 0 Å². The molecule has 0 amide bonds. The average Bonchev–Trinajstić information content (AvgIpc) is 2.46. The zero-order valence-electron chi connectivity index (χ0n) is 12.5. The first-order valence-electron chi connectivity index (χ1n) is 6.35. The number of nitrogens with zero attached hydrogens (tertiary/aromatic N) is 3. The molecule has 0 unspecified atom stereocenters. The lowest BCUT2D eigenvalue weighted by Gasteiger charge is -2.19. The summed E-state index contributed by atoms with van der Waals surface area (Å²) in [5.41, 5.74) is -0.191. The topological polar surface area (TPSA) is 110 Å². The van der Waals surface area contributed by atoms with E-state index in [1.807, 2.05) is 0 Å². The zero-order chi connectivity index (χ0) is 16.8. The van der Waals surface area contributed by atoms with Crippen molar-refractivity contribution in [2.75, 3.05) is 5.32 Å². The third-order valence-electron chi connectivity index (χ3n) is 2.37. The van der Waals surface area contributed by atoms with Gasteiger partial charge in [-0.3, -0.25) is 0 Å². The predicted molar refractivity (Wildman–Crippen MR) is 79.1 cm³/mol. The number of nitrogens with one attached hydrogen (secondary N) is 1. The molecule has 22 heavy (non-hydrogen) atoms. The number of ether oxygens (including phenoxy) is 1. The Bertz CT molecular complexity index is 704. The maximum atomic E-state index is 11.9. The van der Waals surface area contributed by atoms with Gasteiger partial charge in [0.05, 0.1) is 5.56 Å². The minimum Gasteiger partial charge on any atom is -0.456 e.